The molecule has 0 aromatic heterocycles. The molecule has 0 unspecified atom stereocenters. The van der Waals surface area contributed by atoms with E-state index in [0.717, 1.165) is 0 Å². The lowest BCUT2D eigenvalue weighted by molar-refractivity contribution is 0.0988. The molecule has 1 nitrogen and oxygen atoms in total. The molecule has 0 saturated carbocycles. The third-order valence-corrected chi connectivity index (χ3v) is 1.49. The number of carbonyl (C=O) groups excluding carboxylic acids is 1. The van der Waals surface area contributed by atoms with E-state index in [1.165, 1.54) is 24.3 Å². The lowest BCUT2D eigenvalue weighted by Gasteiger charge is -1.95. The molecule has 1 aromatic rings. The first kappa shape index (κ1) is 14.9. The van der Waals surface area contributed by atoms with E-state index in [1.54, 1.807) is 6.92 Å². The van der Waals surface area contributed by atoms with Gasteiger partial charge in [-0.3, -0.25) is 4.79 Å². The summed E-state index contributed by atoms with van der Waals surface area (Å²) >= 11 is 0. The van der Waals surface area contributed by atoms with Crippen molar-refractivity contribution in [3.8, 4) is 0 Å². The first-order valence-electron chi connectivity index (χ1n) is 3.53. The molecule has 4 heteroatoms. The van der Waals surface area contributed by atoms with Crippen LogP contribution in [0, 0.1) is 5.82 Å². The Hall–Kier alpha value is -0.600. The van der Waals surface area contributed by atoms with Crippen LogP contribution in [0.4, 0.5) is 4.39 Å². The van der Waals surface area contributed by atoms with Crippen molar-refractivity contribution in [3.05, 3.63) is 35.6 Å². The van der Waals surface area contributed by atoms with Gasteiger partial charge in [-0.2, -0.15) is 0 Å². The van der Waals surface area contributed by atoms with E-state index in [9.17, 15) is 9.18 Å². The quantitative estimate of drug-likeness (QED) is 0.706. The highest BCUT2D eigenvalue weighted by Crippen LogP contribution is 2.04. The minimum Gasteiger partial charge on any atom is -0.294 e. The second-order valence-corrected chi connectivity index (χ2v) is 2.28. The molecule has 0 amide bonds. The fourth-order valence-electron chi connectivity index (χ4n) is 0.840. The summed E-state index contributed by atoms with van der Waals surface area (Å²) in [7, 11) is 0. The fraction of sp³-hybridized carbons (Fsp3) is 0.222. The monoisotopic (exact) mass is 224 g/mol. The van der Waals surface area contributed by atoms with Gasteiger partial charge in [0.25, 0.3) is 0 Å². The lowest BCUT2D eigenvalue weighted by atomic mass is 10.1. The van der Waals surface area contributed by atoms with Crippen molar-refractivity contribution in [2.75, 3.05) is 0 Å². The maximum Gasteiger partial charge on any atom is 0.162 e. The van der Waals surface area contributed by atoms with Crippen LogP contribution in [-0.4, -0.2) is 5.78 Å². The zero-order valence-electron chi connectivity index (χ0n) is 7.12. The van der Waals surface area contributed by atoms with E-state index in [-0.39, 0.29) is 36.4 Å². The van der Waals surface area contributed by atoms with Crippen molar-refractivity contribution in [2.45, 2.75) is 13.3 Å². The Morgan fingerprint density at radius 3 is 2.08 bits per heavy atom. The SMILES string of the molecule is CCC(=O)c1ccc(F)cc1.Cl.Cl. The molecule has 0 fully saturated rings. The Morgan fingerprint density at radius 2 is 1.69 bits per heavy atom. The number of Topliss-reactive ketones (excluding diaryl/α,β-unsaturated/α-hetero) is 1. The predicted molar refractivity (Wildman–Crippen MR) is 55.5 cm³/mol. The van der Waals surface area contributed by atoms with Gasteiger partial charge in [-0.05, 0) is 24.3 Å². The molecule has 0 aliphatic carbocycles. The van der Waals surface area contributed by atoms with Crippen LogP contribution in [0.2, 0.25) is 0 Å². The molecule has 0 atom stereocenters. The number of rotatable bonds is 2. The van der Waals surface area contributed by atoms with Gasteiger partial charge < -0.3 is 0 Å². The molecule has 0 N–H and O–H groups in total. The molecule has 74 valence electrons. The zero-order chi connectivity index (χ0) is 8.27. The molecule has 1 rings (SSSR count). The van der Waals surface area contributed by atoms with Crippen molar-refractivity contribution in [1.82, 2.24) is 0 Å². The van der Waals surface area contributed by atoms with Crippen LogP contribution < -0.4 is 0 Å². The number of hydrogen-bond donors (Lipinski definition) is 0. The number of benzene rings is 1. The third kappa shape index (κ3) is 4.25. The van der Waals surface area contributed by atoms with E-state index in [2.05, 4.69) is 0 Å². The summed E-state index contributed by atoms with van der Waals surface area (Å²) in [6.07, 6.45) is 0.464. The van der Waals surface area contributed by atoms with Crippen molar-refractivity contribution in [3.63, 3.8) is 0 Å². The number of ketones is 1. The molecule has 0 bridgehead atoms. The van der Waals surface area contributed by atoms with Gasteiger partial charge >= 0.3 is 0 Å². The fourth-order valence-corrected chi connectivity index (χ4v) is 0.840. The number of carbonyl (C=O) groups is 1. The smallest absolute Gasteiger partial charge is 0.162 e. The average molecular weight is 225 g/mol. The summed E-state index contributed by atoms with van der Waals surface area (Å²) in [4.78, 5) is 11.0. The van der Waals surface area contributed by atoms with E-state index in [4.69, 9.17) is 0 Å². The molecule has 0 saturated heterocycles. The number of halogens is 3. The van der Waals surface area contributed by atoms with Crippen LogP contribution in [0.1, 0.15) is 23.7 Å². The van der Waals surface area contributed by atoms with Crippen LogP contribution in [-0.2, 0) is 0 Å². The van der Waals surface area contributed by atoms with E-state index >= 15 is 0 Å². The Bertz CT molecular complexity index is 259. The summed E-state index contributed by atoms with van der Waals surface area (Å²) < 4.78 is 12.3. The van der Waals surface area contributed by atoms with Crippen molar-refractivity contribution in [1.29, 1.82) is 0 Å². The first-order chi connectivity index (χ1) is 5.24. The van der Waals surface area contributed by atoms with Gasteiger partial charge in [0.05, 0.1) is 0 Å². The highest BCUT2D eigenvalue weighted by molar-refractivity contribution is 5.95. The third-order valence-electron chi connectivity index (χ3n) is 1.49. The largest absolute Gasteiger partial charge is 0.294 e. The lowest BCUT2D eigenvalue weighted by Crippen LogP contribution is -1.95. The molecular formula is C9H11Cl2FO. The van der Waals surface area contributed by atoms with Gasteiger partial charge in [0, 0.05) is 12.0 Å². The normalized spacial score (nSPS) is 8.15. The van der Waals surface area contributed by atoms with Gasteiger partial charge in [-0.1, -0.05) is 6.92 Å². The Labute approximate surface area is 89.2 Å². The highest BCUT2D eigenvalue weighted by Gasteiger charge is 2.00. The summed E-state index contributed by atoms with van der Waals surface area (Å²) in [5, 5.41) is 0. The van der Waals surface area contributed by atoms with E-state index in [0.29, 0.717) is 12.0 Å². The molecule has 0 heterocycles. The Morgan fingerprint density at radius 1 is 1.23 bits per heavy atom. The van der Waals surface area contributed by atoms with Crippen LogP contribution in [0.5, 0.6) is 0 Å². The maximum atomic E-state index is 12.3. The molecule has 0 spiro atoms. The van der Waals surface area contributed by atoms with E-state index < -0.39 is 0 Å². The second-order valence-electron chi connectivity index (χ2n) is 2.28. The summed E-state index contributed by atoms with van der Waals surface area (Å²) in [6, 6.07) is 5.59. The molecule has 0 aliphatic rings. The van der Waals surface area contributed by atoms with Gasteiger partial charge in [0.15, 0.2) is 5.78 Å². The van der Waals surface area contributed by atoms with Gasteiger partial charge in [-0.15, -0.1) is 24.8 Å². The standard InChI is InChI=1S/C9H9FO.2ClH/c1-2-9(11)7-3-5-8(10)6-4-7;;/h3-6H,2H2,1H3;2*1H. The van der Waals surface area contributed by atoms with Gasteiger partial charge in [0.2, 0.25) is 0 Å². The Balaban J connectivity index is 0. The number of hydrogen-bond acceptors (Lipinski definition) is 1. The average Bonchev–Trinajstić information content (AvgIpc) is 2.05. The molecule has 0 aliphatic heterocycles. The molecule has 1 aromatic carbocycles. The highest BCUT2D eigenvalue weighted by atomic mass is 35.5. The van der Waals surface area contributed by atoms with Gasteiger partial charge in [-0.25, -0.2) is 4.39 Å². The van der Waals surface area contributed by atoms with Crippen molar-refractivity contribution >= 4 is 30.6 Å². The molecule has 0 radical (unpaired) electrons. The van der Waals surface area contributed by atoms with E-state index in [1.807, 2.05) is 0 Å². The summed E-state index contributed by atoms with van der Waals surface area (Å²) in [6.45, 7) is 1.78. The maximum absolute atomic E-state index is 12.3. The topological polar surface area (TPSA) is 17.1 Å². The van der Waals surface area contributed by atoms with Crippen molar-refractivity contribution < 1.29 is 9.18 Å². The second kappa shape index (κ2) is 6.87. The molecule has 13 heavy (non-hydrogen) atoms. The summed E-state index contributed by atoms with van der Waals surface area (Å²) in [5.74, 6) is -0.261. The predicted octanol–water partition coefficient (Wildman–Crippen LogP) is 3.26. The minimum atomic E-state index is -0.308. The van der Waals surface area contributed by atoms with Crippen LogP contribution in [0.25, 0.3) is 0 Å². The minimum absolute atomic E-state index is 0. The van der Waals surface area contributed by atoms with Crippen LogP contribution >= 0.6 is 24.8 Å². The molecular weight excluding hydrogens is 214 g/mol. The Kier molecular flexibility index (Phi) is 7.87. The summed E-state index contributed by atoms with van der Waals surface area (Å²) in [5.41, 5.74) is 0.578. The zero-order valence-corrected chi connectivity index (χ0v) is 8.75. The van der Waals surface area contributed by atoms with Gasteiger partial charge in [0.1, 0.15) is 5.82 Å². The van der Waals surface area contributed by atoms with Crippen LogP contribution in [0.15, 0.2) is 24.3 Å². The van der Waals surface area contributed by atoms with Crippen molar-refractivity contribution in [2.24, 2.45) is 0 Å². The van der Waals surface area contributed by atoms with Crippen LogP contribution in [0.3, 0.4) is 0 Å². The first-order valence-corrected chi connectivity index (χ1v) is 3.53.